The van der Waals surface area contributed by atoms with Crippen molar-refractivity contribution in [1.29, 1.82) is 5.26 Å². The minimum atomic E-state index is 0.180. The Morgan fingerprint density at radius 3 is 2.67 bits per heavy atom. The number of hydrogen-bond donors (Lipinski definition) is 0. The summed E-state index contributed by atoms with van der Waals surface area (Å²) in [5.74, 6) is 0.180. The monoisotopic (exact) mass is 238 g/mol. The largest absolute Gasteiger partial charge is 0.295 e. The molecule has 1 aromatic rings. The lowest BCUT2D eigenvalue weighted by Crippen LogP contribution is -2.31. The summed E-state index contributed by atoms with van der Waals surface area (Å²) in [6, 6.07) is 13.6. The number of nitriles is 1. The van der Waals surface area contributed by atoms with Crippen LogP contribution in [-0.2, 0) is 0 Å². The van der Waals surface area contributed by atoms with E-state index in [-0.39, 0.29) is 5.92 Å². The highest BCUT2D eigenvalue weighted by atomic mass is 15.1. The molecule has 2 heteroatoms. The van der Waals surface area contributed by atoms with Crippen molar-refractivity contribution < 1.29 is 0 Å². The maximum Gasteiger partial charge on any atom is 0.0700 e. The molecule has 0 N–H and O–H groups in total. The summed E-state index contributed by atoms with van der Waals surface area (Å²) in [5, 5.41) is 9.23. The van der Waals surface area contributed by atoms with Crippen molar-refractivity contribution in [2.45, 2.75) is 25.3 Å². The second kappa shape index (κ2) is 4.59. The van der Waals surface area contributed by atoms with Crippen LogP contribution in [0.2, 0.25) is 0 Å². The number of likely N-dealkylation sites (N-methyl/N-ethyl adjacent to an activating group) is 1. The fourth-order valence-corrected chi connectivity index (χ4v) is 3.43. The molecule has 1 aliphatic carbocycles. The van der Waals surface area contributed by atoms with Crippen LogP contribution in [0.5, 0.6) is 0 Å². The highest BCUT2D eigenvalue weighted by molar-refractivity contribution is 5.38. The Morgan fingerprint density at radius 1 is 1.17 bits per heavy atom. The lowest BCUT2D eigenvalue weighted by molar-refractivity contribution is 0.259. The lowest BCUT2D eigenvalue weighted by atomic mass is 9.88. The first-order chi connectivity index (χ1) is 8.81. The number of benzene rings is 1. The predicted octanol–water partition coefficient (Wildman–Crippen LogP) is 3.29. The maximum atomic E-state index is 9.23. The molecule has 2 atom stereocenters. The van der Waals surface area contributed by atoms with Gasteiger partial charge in [0.15, 0.2) is 0 Å². The van der Waals surface area contributed by atoms with Crippen molar-refractivity contribution in [1.82, 2.24) is 4.90 Å². The van der Waals surface area contributed by atoms with Crippen LogP contribution >= 0.6 is 0 Å². The number of hydrogen-bond acceptors (Lipinski definition) is 2. The van der Waals surface area contributed by atoms with Crippen molar-refractivity contribution in [3.8, 4) is 6.07 Å². The topological polar surface area (TPSA) is 27.0 Å². The van der Waals surface area contributed by atoms with E-state index in [1.165, 1.54) is 16.7 Å². The van der Waals surface area contributed by atoms with Gasteiger partial charge in [-0.05, 0) is 37.4 Å². The SMILES string of the molecule is CN1CCC2=C(CCC2C#N)C1c1ccccc1. The highest BCUT2D eigenvalue weighted by Gasteiger charge is 2.35. The minimum absolute atomic E-state index is 0.180. The molecule has 1 aliphatic heterocycles. The molecule has 2 nitrogen and oxygen atoms in total. The molecule has 1 heterocycles. The zero-order valence-electron chi connectivity index (χ0n) is 10.8. The number of nitrogens with zero attached hydrogens (tertiary/aromatic N) is 2. The Hall–Kier alpha value is -1.59. The molecular formula is C16H18N2. The Morgan fingerprint density at radius 2 is 1.94 bits per heavy atom. The van der Waals surface area contributed by atoms with Gasteiger partial charge in [-0.2, -0.15) is 5.26 Å². The van der Waals surface area contributed by atoms with Crippen molar-refractivity contribution in [3.63, 3.8) is 0 Å². The predicted molar refractivity (Wildman–Crippen MR) is 71.8 cm³/mol. The van der Waals surface area contributed by atoms with Crippen molar-refractivity contribution >= 4 is 0 Å². The molecule has 0 spiro atoms. The second-order valence-corrected chi connectivity index (χ2v) is 5.31. The first-order valence-electron chi connectivity index (χ1n) is 6.68. The van der Waals surface area contributed by atoms with Crippen molar-refractivity contribution in [3.05, 3.63) is 47.0 Å². The van der Waals surface area contributed by atoms with Crippen LogP contribution < -0.4 is 0 Å². The first kappa shape index (κ1) is 11.5. The first-order valence-corrected chi connectivity index (χ1v) is 6.68. The van der Waals surface area contributed by atoms with Crippen LogP contribution in [0.1, 0.15) is 30.9 Å². The van der Waals surface area contributed by atoms with Crippen molar-refractivity contribution in [2.24, 2.45) is 5.92 Å². The Labute approximate surface area is 109 Å². The van der Waals surface area contributed by atoms with Gasteiger partial charge in [-0.1, -0.05) is 35.9 Å². The smallest absolute Gasteiger partial charge is 0.0700 e. The van der Waals surface area contributed by atoms with Gasteiger partial charge in [-0.3, -0.25) is 4.90 Å². The van der Waals surface area contributed by atoms with Gasteiger partial charge in [0.05, 0.1) is 18.0 Å². The third-order valence-corrected chi connectivity index (χ3v) is 4.31. The summed E-state index contributed by atoms with van der Waals surface area (Å²) in [5.41, 5.74) is 4.32. The summed E-state index contributed by atoms with van der Waals surface area (Å²) < 4.78 is 0. The molecule has 0 saturated heterocycles. The van der Waals surface area contributed by atoms with Gasteiger partial charge in [0.2, 0.25) is 0 Å². The standard InChI is InChI=1S/C16H18N2/c1-18-10-9-14-13(11-17)7-8-15(14)16(18)12-5-3-2-4-6-12/h2-6,13,16H,7-10H2,1H3. The van der Waals surface area contributed by atoms with E-state index in [1.807, 2.05) is 0 Å². The average Bonchev–Trinajstić information content (AvgIpc) is 2.82. The van der Waals surface area contributed by atoms with Gasteiger partial charge < -0.3 is 0 Å². The van der Waals surface area contributed by atoms with Crippen LogP contribution in [0.4, 0.5) is 0 Å². The minimum Gasteiger partial charge on any atom is -0.295 e. The van der Waals surface area contributed by atoms with Crippen LogP contribution in [0, 0.1) is 17.2 Å². The van der Waals surface area contributed by atoms with Crippen molar-refractivity contribution in [2.75, 3.05) is 13.6 Å². The zero-order valence-corrected chi connectivity index (χ0v) is 10.8. The van der Waals surface area contributed by atoms with E-state index in [2.05, 4.69) is 48.3 Å². The van der Waals surface area contributed by atoms with E-state index in [0.717, 1.165) is 25.8 Å². The van der Waals surface area contributed by atoms with Gasteiger partial charge >= 0.3 is 0 Å². The van der Waals surface area contributed by atoms with E-state index < -0.39 is 0 Å². The third-order valence-electron chi connectivity index (χ3n) is 4.31. The van der Waals surface area contributed by atoms with Crippen LogP contribution in [0.3, 0.4) is 0 Å². The summed E-state index contributed by atoms with van der Waals surface area (Å²) in [4.78, 5) is 2.42. The zero-order chi connectivity index (χ0) is 12.5. The summed E-state index contributed by atoms with van der Waals surface area (Å²) in [7, 11) is 2.20. The molecule has 0 fully saturated rings. The lowest BCUT2D eigenvalue weighted by Gasteiger charge is -2.35. The molecule has 0 amide bonds. The van der Waals surface area contributed by atoms with E-state index in [9.17, 15) is 5.26 Å². The molecule has 18 heavy (non-hydrogen) atoms. The molecule has 0 saturated carbocycles. The molecule has 1 aromatic carbocycles. The quantitative estimate of drug-likeness (QED) is 0.702. The van der Waals surface area contributed by atoms with Gasteiger partial charge in [0, 0.05) is 6.54 Å². The highest BCUT2D eigenvalue weighted by Crippen LogP contribution is 2.45. The Kier molecular flexibility index (Phi) is 2.93. The molecular weight excluding hydrogens is 220 g/mol. The van der Waals surface area contributed by atoms with E-state index in [0.29, 0.717) is 6.04 Å². The molecule has 0 bridgehead atoms. The van der Waals surface area contributed by atoms with Crippen LogP contribution in [0.25, 0.3) is 0 Å². The molecule has 0 radical (unpaired) electrons. The molecule has 0 aromatic heterocycles. The van der Waals surface area contributed by atoms with E-state index >= 15 is 0 Å². The normalized spacial score (nSPS) is 28.0. The summed E-state index contributed by atoms with van der Waals surface area (Å²) >= 11 is 0. The molecule has 3 rings (SSSR count). The van der Waals surface area contributed by atoms with Gasteiger partial charge in [-0.25, -0.2) is 0 Å². The van der Waals surface area contributed by atoms with Gasteiger partial charge in [-0.15, -0.1) is 0 Å². The maximum absolute atomic E-state index is 9.23. The number of rotatable bonds is 1. The van der Waals surface area contributed by atoms with Crippen LogP contribution in [0.15, 0.2) is 41.5 Å². The fourth-order valence-electron chi connectivity index (χ4n) is 3.43. The van der Waals surface area contributed by atoms with Gasteiger partial charge in [0.25, 0.3) is 0 Å². The second-order valence-electron chi connectivity index (χ2n) is 5.31. The molecule has 2 aliphatic rings. The summed E-state index contributed by atoms with van der Waals surface area (Å²) in [6.45, 7) is 1.07. The van der Waals surface area contributed by atoms with Gasteiger partial charge in [0.1, 0.15) is 0 Å². The Balaban J connectivity index is 2.02. The van der Waals surface area contributed by atoms with E-state index in [1.54, 1.807) is 0 Å². The van der Waals surface area contributed by atoms with E-state index in [4.69, 9.17) is 0 Å². The molecule has 2 unspecified atom stereocenters. The van der Waals surface area contributed by atoms with Crippen LogP contribution in [-0.4, -0.2) is 18.5 Å². The average molecular weight is 238 g/mol. The Bertz CT molecular complexity index is 510. The fraction of sp³-hybridized carbons (Fsp3) is 0.438. The molecule has 92 valence electrons. The summed E-state index contributed by atoms with van der Waals surface area (Å²) in [6.07, 6.45) is 3.20. The third kappa shape index (κ3) is 1.76.